The molecule has 0 spiro atoms. The summed E-state index contributed by atoms with van der Waals surface area (Å²) in [5.41, 5.74) is 3.65. The Morgan fingerprint density at radius 3 is 2.27 bits per heavy atom. The summed E-state index contributed by atoms with van der Waals surface area (Å²) < 4.78 is 0. The van der Waals surface area contributed by atoms with E-state index in [0.717, 1.165) is 0 Å². The van der Waals surface area contributed by atoms with Crippen molar-refractivity contribution in [3.8, 4) is 0 Å². The molecule has 1 aromatic rings. The number of aliphatic hydroxyl groups excluding tert-OH is 2. The van der Waals surface area contributed by atoms with Gasteiger partial charge in [-0.1, -0.05) is 29.3 Å². The average Bonchev–Trinajstić information content (AvgIpc) is 2.13. The van der Waals surface area contributed by atoms with Gasteiger partial charge in [0, 0.05) is 6.61 Å². The van der Waals surface area contributed by atoms with Crippen LogP contribution in [0.4, 0.5) is 0 Å². The van der Waals surface area contributed by atoms with E-state index in [0.29, 0.717) is 19.3 Å². The summed E-state index contributed by atoms with van der Waals surface area (Å²) in [6.45, 7) is 4.29. The molecule has 2 N–H and O–H groups in total. The minimum absolute atomic E-state index is 0.157. The van der Waals surface area contributed by atoms with Crippen molar-refractivity contribution in [2.45, 2.75) is 39.2 Å². The Hall–Kier alpha value is -0.860. The monoisotopic (exact) mass is 208 g/mol. The Morgan fingerprint density at radius 2 is 1.73 bits per heavy atom. The fraction of sp³-hybridized carbons (Fsp3) is 0.538. The first-order chi connectivity index (χ1) is 7.11. The van der Waals surface area contributed by atoms with Gasteiger partial charge in [-0.2, -0.15) is 0 Å². The maximum atomic E-state index is 9.70. The lowest BCUT2D eigenvalue weighted by molar-refractivity contribution is 0.150. The van der Waals surface area contributed by atoms with Crippen molar-refractivity contribution in [3.63, 3.8) is 0 Å². The highest BCUT2D eigenvalue weighted by atomic mass is 16.3. The normalized spacial score (nSPS) is 12.8. The van der Waals surface area contributed by atoms with Crippen LogP contribution in [0.1, 0.15) is 29.5 Å². The molecular formula is C13H20O2. The van der Waals surface area contributed by atoms with Gasteiger partial charge in [-0.3, -0.25) is 0 Å². The lowest BCUT2D eigenvalue weighted by Gasteiger charge is -2.11. The molecule has 0 radical (unpaired) electrons. The highest BCUT2D eigenvalue weighted by molar-refractivity contribution is 5.28. The number of hydrogen-bond acceptors (Lipinski definition) is 2. The third-order valence-corrected chi connectivity index (χ3v) is 2.45. The largest absolute Gasteiger partial charge is 0.396 e. The van der Waals surface area contributed by atoms with Gasteiger partial charge >= 0.3 is 0 Å². The van der Waals surface area contributed by atoms with Crippen LogP contribution in [0.15, 0.2) is 18.2 Å². The van der Waals surface area contributed by atoms with E-state index in [2.05, 4.69) is 32.0 Å². The van der Waals surface area contributed by atoms with Gasteiger partial charge in [0.15, 0.2) is 0 Å². The lowest BCUT2D eigenvalue weighted by Crippen LogP contribution is -2.11. The van der Waals surface area contributed by atoms with E-state index in [9.17, 15) is 5.11 Å². The van der Waals surface area contributed by atoms with Crippen LogP contribution in [0.5, 0.6) is 0 Å². The number of aryl methyl sites for hydroxylation is 2. The molecule has 84 valence electrons. The summed E-state index contributed by atoms with van der Waals surface area (Å²) in [6.07, 6.45) is 1.69. The zero-order chi connectivity index (χ0) is 11.3. The van der Waals surface area contributed by atoms with Crippen LogP contribution in [0.2, 0.25) is 0 Å². The fourth-order valence-electron chi connectivity index (χ4n) is 1.89. The second-order valence-electron chi connectivity index (χ2n) is 4.22. The van der Waals surface area contributed by atoms with Crippen molar-refractivity contribution < 1.29 is 10.2 Å². The van der Waals surface area contributed by atoms with E-state index in [4.69, 9.17) is 5.11 Å². The van der Waals surface area contributed by atoms with E-state index < -0.39 is 0 Å². The van der Waals surface area contributed by atoms with Crippen LogP contribution in [-0.4, -0.2) is 22.9 Å². The van der Waals surface area contributed by atoms with Gasteiger partial charge in [-0.05, 0) is 38.7 Å². The Balaban J connectivity index is 2.56. The molecule has 1 unspecified atom stereocenters. The van der Waals surface area contributed by atoms with Crippen molar-refractivity contribution >= 4 is 0 Å². The third kappa shape index (κ3) is 4.45. The Labute approximate surface area is 91.6 Å². The first-order valence-corrected chi connectivity index (χ1v) is 5.48. The standard InChI is InChI=1S/C13H20O2/c1-10-6-11(2)8-12(7-10)9-13(15)4-3-5-14/h6-8,13-15H,3-5,9H2,1-2H3. The Bertz CT molecular complexity index is 287. The Morgan fingerprint density at radius 1 is 1.13 bits per heavy atom. The Kier molecular flexibility index (Phi) is 4.79. The summed E-state index contributed by atoms with van der Waals surface area (Å²) in [7, 11) is 0. The molecule has 2 heteroatoms. The first kappa shape index (κ1) is 12.2. The maximum Gasteiger partial charge on any atom is 0.0581 e. The van der Waals surface area contributed by atoms with Gasteiger partial charge in [-0.15, -0.1) is 0 Å². The molecule has 15 heavy (non-hydrogen) atoms. The van der Waals surface area contributed by atoms with Gasteiger partial charge in [0.1, 0.15) is 0 Å². The predicted octanol–water partition coefficient (Wildman–Crippen LogP) is 1.98. The summed E-state index contributed by atoms with van der Waals surface area (Å²) in [6, 6.07) is 6.34. The molecule has 0 saturated carbocycles. The van der Waals surface area contributed by atoms with Crippen LogP contribution in [0, 0.1) is 13.8 Å². The highest BCUT2D eigenvalue weighted by Crippen LogP contribution is 2.12. The van der Waals surface area contributed by atoms with Crippen LogP contribution < -0.4 is 0 Å². The number of hydrogen-bond donors (Lipinski definition) is 2. The first-order valence-electron chi connectivity index (χ1n) is 5.48. The summed E-state index contributed by atoms with van der Waals surface area (Å²) >= 11 is 0. The molecule has 0 aliphatic carbocycles. The van der Waals surface area contributed by atoms with Crippen LogP contribution >= 0.6 is 0 Å². The van der Waals surface area contributed by atoms with Crippen LogP contribution in [0.25, 0.3) is 0 Å². The third-order valence-electron chi connectivity index (χ3n) is 2.45. The van der Waals surface area contributed by atoms with Crippen molar-refractivity contribution in [2.24, 2.45) is 0 Å². The van der Waals surface area contributed by atoms with Gasteiger partial charge < -0.3 is 10.2 Å². The number of aliphatic hydroxyl groups is 2. The fourth-order valence-corrected chi connectivity index (χ4v) is 1.89. The molecule has 0 heterocycles. The lowest BCUT2D eigenvalue weighted by atomic mass is 10.0. The smallest absolute Gasteiger partial charge is 0.0581 e. The molecule has 0 saturated heterocycles. The van der Waals surface area contributed by atoms with Gasteiger partial charge in [0.2, 0.25) is 0 Å². The van der Waals surface area contributed by atoms with E-state index in [1.54, 1.807) is 0 Å². The van der Waals surface area contributed by atoms with Gasteiger partial charge in [0.25, 0.3) is 0 Å². The quantitative estimate of drug-likeness (QED) is 0.776. The molecule has 0 aliphatic rings. The molecule has 1 atom stereocenters. The molecule has 0 aliphatic heterocycles. The summed E-state index contributed by atoms with van der Waals surface area (Å²) in [5.74, 6) is 0. The topological polar surface area (TPSA) is 40.5 Å². The molecular weight excluding hydrogens is 188 g/mol. The van der Waals surface area contributed by atoms with Crippen molar-refractivity contribution in [2.75, 3.05) is 6.61 Å². The summed E-state index contributed by atoms with van der Waals surface area (Å²) in [4.78, 5) is 0. The molecule has 0 amide bonds. The average molecular weight is 208 g/mol. The van der Waals surface area contributed by atoms with E-state index >= 15 is 0 Å². The van der Waals surface area contributed by atoms with Crippen LogP contribution in [0.3, 0.4) is 0 Å². The van der Waals surface area contributed by atoms with E-state index in [1.165, 1.54) is 16.7 Å². The molecule has 1 aromatic carbocycles. The maximum absolute atomic E-state index is 9.70. The van der Waals surface area contributed by atoms with Gasteiger partial charge in [0.05, 0.1) is 6.10 Å². The minimum Gasteiger partial charge on any atom is -0.396 e. The number of benzene rings is 1. The highest BCUT2D eigenvalue weighted by Gasteiger charge is 2.05. The predicted molar refractivity (Wildman–Crippen MR) is 61.9 cm³/mol. The molecule has 0 bridgehead atoms. The van der Waals surface area contributed by atoms with Crippen molar-refractivity contribution in [1.82, 2.24) is 0 Å². The minimum atomic E-state index is -0.335. The van der Waals surface area contributed by atoms with E-state index in [-0.39, 0.29) is 12.7 Å². The van der Waals surface area contributed by atoms with Crippen molar-refractivity contribution in [3.05, 3.63) is 34.9 Å². The molecule has 2 nitrogen and oxygen atoms in total. The van der Waals surface area contributed by atoms with Crippen LogP contribution in [-0.2, 0) is 6.42 Å². The molecule has 0 aromatic heterocycles. The zero-order valence-corrected chi connectivity index (χ0v) is 9.53. The van der Waals surface area contributed by atoms with E-state index in [1.807, 2.05) is 0 Å². The molecule has 0 fully saturated rings. The summed E-state index contributed by atoms with van der Waals surface area (Å²) in [5, 5.41) is 18.4. The second kappa shape index (κ2) is 5.89. The number of rotatable bonds is 5. The van der Waals surface area contributed by atoms with Gasteiger partial charge in [-0.25, -0.2) is 0 Å². The SMILES string of the molecule is Cc1cc(C)cc(CC(O)CCCO)c1. The second-order valence-corrected chi connectivity index (χ2v) is 4.22. The van der Waals surface area contributed by atoms with Crippen molar-refractivity contribution in [1.29, 1.82) is 0 Å². The zero-order valence-electron chi connectivity index (χ0n) is 9.53. The molecule has 1 rings (SSSR count).